The molecule has 2 unspecified atom stereocenters. The molecule has 1 saturated heterocycles. The minimum absolute atomic E-state index is 0.189. The number of aliphatic hydroxyl groups is 1. The molecule has 2 nitrogen and oxygen atoms in total. The molecule has 0 aliphatic carbocycles. The first kappa shape index (κ1) is 11.6. The molecule has 1 aromatic carbocycles. The molecule has 0 bridgehead atoms. The molecule has 88 valence electrons. The van der Waals surface area contributed by atoms with E-state index in [9.17, 15) is 4.39 Å². The van der Waals surface area contributed by atoms with E-state index in [-0.39, 0.29) is 12.4 Å². The van der Waals surface area contributed by atoms with Gasteiger partial charge in [0.05, 0.1) is 0 Å². The van der Waals surface area contributed by atoms with E-state index in [1.165, 1.54) is 12.1 Å². The zero-order valence-electron chi connectivity index (χ0n) is 9.56. The van der Waals surface area contributed by atoms with Gasteiger partial charge in [0.25, 0.3) is 0 Å². The average Bonchev–Trinajstić information content (AvgIpc) is 2.77. The lowest BCUT2D eigenvalue weighted by atomic mass is 10.1. The zero-order chi connectivity index (χ0) is 11.5. The van der Waals surface area contributed by atoms with Crippen LogP contribution in [0.2, 0.25) is 0 Å². The second-order valence-electron chi connectivity index (χ2n) is 4.56. The topological polar surface area (TPSA) is 23.5 Å². The third-order valence-electron chi connectivity index (χ3n) is 3.48. The molecule has 0 radical (unpaired) electrons. The second-order valence-corrected chi connectivity index (χ2v) is 4.56. The normalized spacial score (nSPS) is 23.6. The quantitative estimate of drug-likeness (QED) is 0.849. The van der Waals surface area contributed by atoms with E-state index < -0.39 is 0 Å². The summed E-state index contributed by atoms with van der Waals surface area (Å²) in [7, 11) is 0. The maximum Gasteiger partial charge on any atom is 0.123 e. The molecule has 1 fully saturated rings. The van der Waals surface area contributed by atoms with E-state index in [0.717, 1.165) is 25.1 Å². The fourth-order valence-electron chi connectivity index (χ4n) is 2.32. The van der Waals surface area contributed by atoms with E-state index in [1.54, 1.807) is 0 Å². The maximum atomic E-state index is 12.8. The molecule has 3 heteroatoms. The van der Waals surface area contributed by atoms with Crippen molar-refractivity contribution in [1.29, 1.82) is 0 Å². The molecule has 16 heavy (non-hydrogen) atoms. The summed E-state index contributed by atoms with van der Waals surface area (Å²) in [5.41, 5.74) is 1.14. The van der Waals surface area contributed by atoms with Crippen molar-refractivity contribution in [2.75, 3.05) is 19.7 Å². The molecule has 0 aromatic heterocycles. The van der Waals surface area contributed by atoms with Gasteiger partial charge >= 0.3 is 0 Å². The Labute approximate surface area is 95.7 Å². The van der Waals surface area contributed by atoms with Crippen LogP contribution in [-0.2, 0) is 0 Å². The first-order chi connectivity index (χ1) is 7.70. The van der Waals surface area contributed by atoms with Crippen molar-refractivity contribution < 1.29 is 9.50 Å². The monoisotopic (exact) mass is 223 g/mol. The number of rotatable bonds is 3. The minimum atomic E-state index is -0.189. The first-order valence-corrected chi connectivity index (χ1v) is 5.81. The van der Waals surface area contributed by atoms with Crippen molar-refractivity contribution in [3.63, 3.8) is 0 Å². The smallest absolute Gasteiger partial charge is 0.123 e. The number of benzene rings is 1. The maximum absolute atomic E-state index is 12.8. The van der Waals surface area contributed by atoms with Crippen molar-refractivity contribution in [2.45, 2.75) is 19.4 Å². The van der Waals surface area contributed by atoms with Gasteiger partial charge in [-0.05, 0) is 43.5 Å². The Kier molecular flexibility index (Phi) is 3.56. The van der Waals surface area contributed by atoms with Crippen molar-refractivity contribution in [3.8, 4) is 0 Å². The largest absolute Gasteiger partial charge is 0.396 e. The standard InChI is InChI=1S/C13H18FNO/c1-10(12-2-4-13(14)5-3-12)15-7-6-11(8-15)9-16/h2-5,10-11,16H,6-9H2,1H3. The fourth-order valence-corrected chi connectivity index (χ4v) is 2.32. The summed E-state index contributed by atoms with van der Waals surface area (Å²) >= 11 is 0. The van der Waals surface area contributed by atoms with Gasteiger partial charge in [0, 0.05) is 19.2 Å². The van der Waals surface area contributed by atoms with Crippen LogP contribution in [0.1, 0.15) is 24.9 Å². The third-order valence-corrected chi connectivity index (χ3v) is 3.48. The van der Waals surface area contributed by atoms with Crippen LogP contribution in [0.15, 0.2) is 24.3 Å². The van der Waals surface area contributed by atoms with E-state index in [2.05, 4.69) is 11.8 Å². The van der Waals surface area contributed by atoms with Gasteiger partial charge in [-0.15, -0.1) is 0 Å². The van der Waals surface area contributed by atoms with Crippen LogP contribution >= 0.6 is 0 Å². The van der Waals surface area contributed by atoms with Crippen molar-refractivity contribution in [3.05, 3.63) is 35.6 Å². The van der Waals surface area contributed by atoms with Gasteiger partial charge in [0.2, 0.25) is 0 Å². The van der Waals surface area contributed by atoms with Crippen molar-refractivity contribution >= 4 is 0 Å². The number of nitrogens with zero attached hydrogens (tertiary/aromatic N) is 1. The Morgan fingerprint density at radius 2 is 2.12 bits per heavy atom. The Balaban J connectivity index is 2.02. The summed E-state index contributed by atoms with van der Waals surface area (Å²) in [6.45, 7) is 4.36. The molecule has 2 atom stereocenters. The lowest BCUT2D eigenvalue weighted by Crippen LogP contribution is -2.25. The van der Waals surface area contributed by atoms with Gasteiger partial charge in [-0.25, -0.2) is 4.39 Å². The highest BCUT2D eigenvalue weighted by molar-refractivity contribution is 5.19. The van der Waals surface area contributed by atoms with Crippen LogP contribution < -0.4 is 0 Å². The number of hydrogen-bond donors (Lipinski definition) is 1. The van der Waals surface area contributed by atoms with Crippen LogP contribution in [0.5, 0.6) is 0 Å². The fraction of sp³-hybridized carbons (Fsp3) is 0.538. The molecule has 1 heterocycles. The molecular weight excluding hydrogens is 205 g/mol. The zero-order valence-corrected chi connectivity index (χ0v) is 9.56. The van der Waals surface area contributed by atoms with Gasteiger partial charge in [-0.3, -0.25) is 4.90 Å². The van der Waals surface area contributed by atoms with Crippen LogP contribution in [-0.4, -0.2) is 29.7 Å². The summed E-state index contributed by atoms with van der Waals surface area (Å²) in [5, 5.41) is 9.10. The molecule has 0 amide bonds. The van der Waals surface area contributed by atoms with Gasteiger partial charge in [0.1, 0.15) is 5.82 Å². The average molecular weight is 223 g/mol. The highest BCUT2D eigenvalue weighted by atomic mass is 19.1. The van der Waals surface area contributed by atoms with E-state index in [4.69, 9.17) is 5.11 Å². The second kappa shape index (κ2) is 4.93. The van der Waals surface area contributed by atoms with Crippen molar-refractivity contribution in [1.82, 2.24) is 4.90 Å². The van der Waals surface area contributed by atoms with Crippen LogP contribution in [0.3, 0.4) is 0 Å². The Hall–Kier alpha value is -0.930. The predicted octanol–water partition coefficient (Wildman–Crippen LogP) is 2.20. The summed E-state index contributed by atoms with van der Waals surface area (Å²) < 4.78 is 12.8. The van der Waals surface area contributed by atoms with Crippen LogP contribution in [0.25, 0.3) is 0 Å². The minimum Gasteiger partial charge on any atom is -0.396 e. The third kappa shape index (κ3) is 2.42. The number of likely N-dealkylation sites (tertiary alicyclic amines) is 1. The summed E-state index contributed by atoms with van der Waals surface area (Å²) in [6, 6.07) is 6.99. The summed E-state index contributed by atoms with van der Waals surface area (Å²) in [5.74, 6) is 0.216. The summed E-state index contributed by atoms with van der Waals surface area (Å²) in [6.07, 6.45) is 1.06. The molecule has 0 spiro atoms. The SMILES string of the molecule is CC(c1ccc(F)cc1)N1CCC(CO)C1. The molecule has 1 aliphatic rings. The first-order valence-electron chi connectivity index (χ1n) is 5.81. The molecule has 1 N–H and O–H groups in total. The van der Waals surface area contributed by atoms with Gasteiger partial charge in [0.15, 0.2) is 0 Å². The Morgan fingerprint density at radius 3 is 2.69 bits per heavy atom. The molecule has 2 rings (SSSR count). The Bertz CT molecular complexity index is 338. The molecule has 1 aliphatic heterocycles. The van der Waals surface area contributed by atoms with E-state index in [1.807, 2.05) is 12.1 Å². The van der Waals surface area contributed by atoms with Crippen LogP contribution in [0, 0.1) is 11.7 Å². The summed E-state index contributed by atoms with van der Waals surface area (Å²) in [4.78, 5) is 2.34. The van der Waals surface area contributed by atoms with E-state index in [0.29, 0.717) is 12.0 Å². The number of aliphatic hydroxyl groups excluding tert-OH is 1. The van der Waals surface area contributed by atoms with Crippen molar-refractivity contribution in [2.24, 2.45) is 5.92 Å². The Morgan fingerprint density at radius 1 is 1.44 bits per heavy atom. The van der Waals surface area contributed by atoms with Crippen LogP contribution in [0.4, 0.5) is 4.39 Å². The van der Waals surface area contributed by atoms with E-state index >= 15 is 0 Å². The number of halogens is 1. The van der Waals surface area contributed by atoms with Gasteiger partial charge < -0.3 is 5.11 Å². The van der Waals surface area contributed by atoms with Gasteiger partial charge in [-0.2, -0.15) is 0 Å². The predicted molar refractivity (Wildman–Crippen MR) is 61.6 cm³/mol. The number of hydrogen-bond acceptors (Lipinski definition) is 2. The molecule has 1 aromatic rings. The lowest BCUT2D eigenvalue weighted by molar-refractivity contribution is 0.204. The highest BCUT2D eigenvalue weighted by Crippen LogP contribution is 2.27. The van der Waals surface area contributed by atoms with Gasteiger partial charge in [-0.1, -0.05) is 12.1 Å². The highest BCUT2D eigenvalue weighted by Gasteiger charge is 2.25. The lowest BCUT2D eigenvalue weighted by Gasteiger charge is -2.24. The molecular formula is C13H18FNO. The molecule has 0 saturated carbocycles.